The maximum Gasteiger partial charge on any atom is 0.335 e. The fourth-order valence-corrected chi connectivity index (χ4v) is 2.63. The largest absolute Gasteiger partial charge is 0.461 e. The molecule has 0 fully saturated rings. The van der Waals surface area contributed by atoms with Crippen molar-refractivity contribution in [2.75, 3.05) is 33.5 Å². The quantitative estimate of drug-likeness (QED) is 0.291. The number of aryl methyl sites for hydroxylation is 1. The first-order valence-corrected chi connectivity index (χ1v) is 9.81. The third-order valence-electron chi connectivity index (χ3n) is 4.44. The molecule has 1 aromatic rings. The Hall–Kier alpha value is -2.44. The summed E-state index contributed by atoms with van der Waals surface area (Å²) in [4.78, 5) is 23.8. The van der Waals surface area contributed by atoms with Crippen LogP contribution in [0.4, 0.5) is 0 Å². The van der Waals surface area contributed by atoms with E-state index in [0.717, 1.165) is 18.4 Å². The van der Waals surface area contributed by atoms with Crippen LogP contribution in [0.5, 0.6) is 0 Å². The van der Waals surface area contributed by atoms with Crippen LogP contribution in [-0.2, 0) is 30.2 Å². The summed E-state index contributed by atoms with van der Waals surface area (Å²) in [5, 5.41) is 9.00. The van der Waals surface area contributed by atoms with Gasteiger partial charge in [-0.1, -0.05) is 57.2 Å². The maximum absolute atomic E-state index is 12.0. The maximum atomic E-state index is 12.0. The van der Waals surface area contributed by atoms with Crippen molar-refractivity contribution in [2.24, 2.45) is 0 Å². The highest BCUT2D eigenvalue weighted by Crippen LogP contribution is 2.20. The average molecular weight is 405 g/mol. The Morgan fingerprint density at radius 1 is 1.00 bits per heavy atom. The molecule has 0 spiro atoms. The van der Waals surface area contributed by atoms with Gasteiger partial charge in [0.25, 0.3) is 0 Å². The number of rotatable bonds is 14. The van der Waals surface area contributed by atoms with Crippen LogP contribution in [0.15, 0.2) is 48.6 Å². The lowest BCUT2D eigenvalue weighted by atomic mass is 9.98. The van der Waals surface area contributed by atoms with Gasteiger partial charge in [-0.05, 0) is 24.0 Å². The molecule has 1 unspecified atom stereocenters. The number of benzene rings is 1. The highest BCUT2D eigenvalue weighted by atomic mass is 16.5. The Labute approximate surface area is 173 Å². The van der Waals surface area contributed by atoms with Crippen molar-refractivity contribution in [3.8, 4) is 0 Å². The lowest BCUT2D eigenvalue weighted by molar-refractivity contribution is -0.143. The number of carbonyl (C=O) groups excluding carboxylic acids is 2. The van der Waals surface area contributed by atoms with Crippen molar-refractivity contribution in [3.63, 3.8) is 0 Å². The van der Waals surface area contributed by atoms with Crippen LogP contribution in [0.2, 0.25) is 0 Å². The van der Waals surface area contributed by atoms with E-state index in [1.807, 2.05) is 24.3 Å². The van der Waals surface area contributed by atoms with Gasteiger partial charge in [-0.2, -0.15) is 0 Å². The molecule has 6 nitrogen and oxygen atoms in total. The summed E-state index contributed by atoms with van der Waals surface area (Å²) in [7, 11) is 1.47. The van der Waals surface area contributed by atoms with Crippen molar-refractivity contribution in [1.29, 1.82) is 0 Å². The van der Waals surface area contributed by atoms with E-state index in [4.69, 9.17) is 19.3 Å². The van der Waals surface area contributed by atoms with Crippen LogP contribution in [0.3, 0.4) is 0 Å². The highest BCUT2D eigenvalue weighted by Gasteiger charge is 2.19. The van der Waals surface area contributed by atoms with E-state index in [9.17, 15) is 9.59 Å². The van der Waals surface area contributed by atoms with Gasteiger partial charge in [-0.25, -0.2) is 9.59 Å². The number of methoxy groups -OCH3 is 1. The van der Waals surface area contributed by atoms with Gasteiger partial charge in [0, 0.05) is 7.11 Å². The monoisotopic (exact) mass is 404 g/mol. The number of carbonyl (C=O) groups is 2. The van der Waals surface area contributed by atoms with E-state index < -0.39 is 18.5 Å². The minimum Gasteiger partial charge on any atom is -0.461 e. The predicted octanol–water partition coefficient (Wildman–Crippen LogP) is 3.34. The Bertz CT molecular complexity index is 677. The van der Waals surface area contributed by atoms with Crippen LogP contribution in [0, 0.1) is 0 Å². The van der Waals surface area contributed by atoms with Crippen LogP contribution < -0.4 is 0 Å². The van der Waals surface area contributed by atoms with Gasteiger partial charge in [0.2, 0.25) is 0 Å². The number of hydrogen-bond acceptors (Lipinski definition) is 6. The number of esters is 2. The molecule has 0 saturated heterocycles. The Morgan fingerprint density at radius 2 is 1.59 bits per heavy atom. The minimum absolute atomic E-state index is 0.00291. The molecule has 0 radical (unpaired) electrons. The molecule has 0 bridgehead atoms. The fourth-order valence-electron chi connectivity index (χ4n) is 2.63. The molecular formula is C23H32O6. The Morgan fingerprint density at radius 3 is 2.10 bits per heavy atom. The minimum atomic E-state index is -0.677. The summed E-state index contributed by atoms with van der Waals surface area (Å²) in [6.45, 7) is 8.88. The smallest absolute Gasteiger partial charge is 0.335 e. The van der Waals surface area contributed by atoms with Crippen LogP contribution >= 0.6 is 0 Å². The van der Waals surface area contributed by atoms with E-state index >= 15 is 0 Å². The van der Waals surface area contributed by atoms with Crippen molar-refractivity contribution < 1.29 is 28.9 Å². The molecule has 0 amide bonds. The van der Waals surface area contributed by atoms with E-state index in [1.54, 1.807) is 0 Å². The lowest BCUT2D eigenvalue weighted by Gasteiger charge is -2.19. The lowest BCUT2D eigenvalue weighted by Crippen LogP contribution is -2.21. The van der Waals surface area contributed by atoms with Gasteiger partial charge < -0.3 is 19.3 Å². The standard InChI is InChI=1S/C23H32O6/c1-5-6-7-8-19-9-11-20(12-10-19)21(15-28-22(25)17(2)13-24)16-29-23(26)18(3)14-27-4/h9-12,21,24H,2-3,5-8,13-16H2,1,4H3. The second kappa shape index (κ2) is 13.7. The number of ether oxygens (including phenoxy) is 3. The van der Waals surface area contributed by atoms with Gasteiger partial charge in [-0.15, -0.1) is 0 Å². The van der Waals surface area contributed by atoms with Crippen molar-refractivity contribution in [1.82, 2.24) is 0 Å². The van der Waals surface area contributed by atoms with E-state index in [1.165, 1.54) is 25.5 Å². The number of aliphatic hydroxyl groups is 1. The number of hydrogen-bond donors (Lipinski definition) is 1. The summed E-state index contributed by atoms with van der Waals surface area (Å²) in [6, 6.07) is 7.99. The molecule has 0 aliphatic heterocycles. The molecule has 0 aromatic heterocycles. The second-order valence-corrected chi connectivity index (χ2v) is 6.89. The second-order valence-electron chi connectivity index (χ2n) is 6.89. The molecule has 1 aromatic carbocycles. The van der Waals surface area contributed by atoms with Crippen molar-refractivity contribution in [3.05, 3.63) is 59.7 Å². The summed E-state index contributed by atoms with van der Waals surface area (Å²) < 4.78 is 15.4. The Kier molecular flexibility index (Phi) is 11.6. The van der Waals surface area contributed by atoms with E-state index in [0.29, 0.717) is 0 Å². The van der Waals surface area contributed by atoms with Gasteiger partial charge in [0.1, 0.15) is 13.2 Å². The normalized spacial score (nSPS) is 11.6. The average Bonchev–Trinajstić information content (AvgIpc) is 2.73. The van der Waals surface area contributed by atoms with E-state index in [2.05, 4.69) is 20.1 Å². The molecule has 1 rings (SSSR count). The topological polar surface area (TPSA) is 82.1 Å². The molecule has 0 heterocycles. The zero-order valence-corrected chi connectivity index (χ0v) is 17.4. The van der Waals surface area contributed by atoms with Crippen LogP contribution in [-0.4, -0.2) is 50.6 Å². The van der Waals surface area contributed by atoms with Gasteiger partial charge in [0.05, 0.1) is 30.3 Å². The van der Waals surface area contributed by atoms with Gasteiger partial charge in [-0.3, -0.25) is 0 Å². The molecule has 0 aliphatic rings. The highest BCUT2D eigenvalue weighted by molar-refractivity contribution is 5.88. The molecule has 0 saturated carbocycles. The first kappa shape index (κ1) is 24.6. The summed E-state index contributed by atoms with van der Waals surface area (Å²) in [5.41, 5.74) is 2.30. The third-order valence-corrected chi connectivity index (χ3v) is 4.44. The molecule has 160 valence electrons. The van der Waals surface area contributed by atoms with E-state index in [-0.39, 0.29) is 36.9 Å². The SMILES string of the molecule is C=C(CO)C(=O)OCC(COC(=O)C(=C)COC)c1ccc(CCCCC)cc1. The summed E-state index contributed by atoms with van der Waals surface area (Å²) in [5.74, 6) is -1.59. The van der Waals surface area contributed by atoms with Gasteiger partial charge >= 0.3 is 11.9 Å². The van der Waals surface area contributed by atoms with Crippen molar-refractivity contribution in [2.45, 2.75) is 38.5 Å². The van der Waals surface area contributed by atoms with Crippen molar-refractivity contribution >= 4 is 11.9 Å². The Balaban J connectivity index is 2.80. The number of unbranched alkanes of at least 4 members (excludes halogenated alkanes) is 2. The molecule has 1 atom stereocenters. The van der Waals surface area contributed by atoms with Gasteiger partial charge in [0.15, 0.2) is 0 Å². The van der Waals surface area contributed by atoms with Crippen LogP contribution in [0.25, 0.3) is 0 Å². The number of aliphatic hydroxyl groups excluding tert-OH is 1. The summed E-state index contributed by atoms with van der Waals surface area (Å²) in [6.07, 6.45) is 4.51. The fraction of sp³-hybridized carbons (Fsp3) is 0.478. The molecule has 1 N–H and O–H groups in total. The zero-order chi connectivity index (χ0) is 21.6. The third kappa shape index (κ3) is 9.07. The summed E-state index contributed by atoms with van der Waals surface area (Å²) >= 11 is 0. The molecule has 6 heteroatoms. The first-order valence-electron chi connectivity index (χ1n) is 9.81. The molecule has 29 heavy (non-hydrogen) atoms. The molecular weight excluding hydrogens is 372 g/mol. The molecule has 0 aliphatic carbocycles. The predicted molar refractivity (Wildman–Crippen MR) is 112 cm³/mol. The zero-order valence-electron chi connectivity index (χ0n) is 17.4. The first-order chi connectivity index (χ1) is 13.9. The van der Waals surface area contributed by atoms with Crippen LogP contribution in [0.1, 0.15) is 43.2 Å².